The third kappa shape index (κ3) is 2.82. The fraction of sp³-hybridized carbons (Fsp3) is 0.214. The molecule has 2 aromatic rings. The fourth-order valence-corrected chi connectivity index (χ4v) is 2.21. The number of nitrogens with two attached hydrogens (primary N) is 1. The first-order valence-corrected chi connectivity index (χ1v) is 6.56. The second kappa shape index (κ2) is 5.40. The number of hydrogen-bond acceptors (Lipinski definition) is 3. The summed E-state index contributed by atoms with van der Waals surface area (Å²) in [5.41, 5.74) is 11.2. The molecular formula is C14H16BrN3. The highest BCUT2D eigenvalue weighted by atomic mass is 79.9. The number of benzene rings is 1. The van der Waals surface area contributed by atoms with Gasteiger partial charge in [0.1, 0.15) is 0 Å². The lowest BCUT2D eigenvalue weighted by Gasteiger charge is -2.12. The van der Waals surface area contributed by atoms with Crippen LogP contribution < -0.4 is 11.1 Å². The van der Waals surface area contributed by atoms with E-state index in [1.165, 1.54) is 11.1 Å². The summed E-state index contributed by atoms with van der Waals surface area (Å²) in [6.45, 7) is 4.84. The number of pyridine rings is 1. The molecule has 0 amide bonds. The normalized spacial score (nSPS) is 10.4. The van der Waals surface area contributed by atoms with Crippen molar-refractivity contribution in [3.63, 3.8) is 0 Å². The summed E-state index contributed by atoms with van der Waals surface area (Å²) < 4.78 is 0.979. The third-order valence-electron chi connectivity index (χ3n) is 2.97. The number of aromatic nitrogens is 1. The molecule has 0 aliphatic carbocycles. The van der Waals surface area contributed by atoms with Gasteiger partial charge in [0.15, 0.2) is 0 Å². The van der Waals surface area contributed by atoms with Crippen LogP contribution in [0.4, 0.5) is 11.4 Å². The van der Waals surface area contributed by atoms with E-state index in [4.69, 9.17) is 5.73 Å². The molecule has 18 heavy (non-hydrogen) atoms. The van der Waals surface area contributed by atoms with E-state index in [2.05, 4.69) is 33.2 Å². The Bertz CT molecular complexity index is 567. The maximum Gasteiger partial charge on any atom is 0.0491 e. The van der Waals surface area contributed by atoms with Crippen LogP contribution in [0.5, 0.6) is 0 Å². The Balaban J connectivity index is 2.16. The van der Waals surface area contributed by atoms with Gasteiger partial charge >= 0.3 is 0 Å². The van der Waals surface area contributed by atoms with Crippen LogP contribution in [0.1, 0.15) is 16.7 Å². The molecule has 0 saturated carbocycles. The number of nitrogens with one attached hydrogen (secondary N) is 1. The first-order valence-electron chi connectivity index (χ1n) is 5.77. The van der Waals surface area contributed by atoms with Gasteiger partial charge in [-0.05, 0) is 64.7 Å². The quantitative estimate of drug-likeness (QED) is 0.851. The van der Waals surface area contributed by atoms with E-state index in [1.807, 2.05) is 37.5 Å². The minimum absolute atomic E-state index is 0.752. The van der Waals surface area contributed by atoms with Crippen LogP contribution in [-0.4, -0.2) is 4.98 Å². The molecule has 0 spiro atoms. The Morgan fingerprint density at radius 1 is 1.28 bits per heavy atom. The van der Waals surface area contributed by atoms with Gasteiger partial charge in [-0.3, -0.25) is 4.98 Å². The molecule has 2 rings (SSSR count). The highest BCUT2D eigenvalue weighted by Crippen LogP contribution is 2.28. The van der Waals surface area contributed by atoms with Crippen LogP contribution in [0.2, 0.25) is 0 Å². The van der Waals surface area contributed by atoms with Crippen molar-refractivity contribution >= 4 is 27.3 Å². The minimum Gasteiger partial charge on any atom is -0.398 e. The highest BCUT2D eigenvalue weighted by Gasteiger charge is 2.04. The number of nitrogen functional groups attached to an aromatic ring is 1. The van der Waals surface area contributed by atoms with Gasteiger partial charge in [-0.2, -0.15) is 0 Å². The summed E-state index contributed by atoms with van der Waals surface area (Å²) in [4.78, 5) is 4.14. The minimum atomic E-state index is 0.752. The van der Waals surface area contributed by atoms with Crippen LogP contribution in [-0.2, 0) is 6.54 Å². The van der Waals surface area contributed by atoms with Crippen LogP contribution in [0.3, 0.4) is 0 Å². The zero-order chi connectivity index (χ0) is 13.1. The van der Waals surface area contributed by atoms with Crippen molar-refractivity contribution < 1.29 is 0 Å². The molecule has 0 atom stereocenters. The van der Waals surface area contributed by atoms with Gasteiger partial charge in [0.2, 0.25) is 0 Å². The van der Waals surface area contributed by atoms with Crippen molar-refractivity contribution in [3.8, 4) is 0 Å². The maximum absolute atomic E-state index is 5.85. The van der Waals surface area contributed by atoms with E-state index in [0.717, 1.165) is 28.0 Å². The van der Waals surface area contributed by atoms with E-state index in [9.17, 15) is 0 Å². The zero-order valence-corrected chi connectivity index (χ0v) is 12.1. The van der Waals surface area contributed by atoms with Gasteiger partial charge < -0.3 is 11.1 Å². The molecule has 0 fully saturated rings. The molecule has 0 radical (unpaired) electrons. The predicted octanol–water partition coefficient (Wildman–Crippen LogP) is 3.66. The fourth-order valence-electron chi connectivity index (χ4n) is 1.70. The van der Waals surface area contributed by atoms with Crippen molar-refractivity contribution in [2.24, 2.45) is 0 Å². The summed E-state index contributed by atoms with van der Waals surface area (Å²) in [6, 6.07) is 5.99. The molecule has 0 saturated heterocycles. The SMILES string of the molecule is Cc1cc(NCc2cnccc2C)c(Br)cc1N. The molecule has 3 nitrogen and oxygen atoms in total. The molecule has 4 heteroatoms. The monoisotopic (exact) mass is 305 g/mol. The van der Waals surface area contributed by atoms with E-state index in [-0.39, 0.29) is 0 Å². The number of nitrogens with zero attached hydrogens (tertiary/aromatic N) is 1. The molecule has 1 heterocycles. The summed E-state index contributed by atoms with van der Waals surface area (Å²) in [5.74, 6) is 0. The Labute approximate surface area is 116 Å². The van der Waals surface area contributed by atoms with Gasteiger partial charge in [0, 0.05) is 34.8 Å². The van der Waals surface area contributed by atoms with Crippen LogP contribution >= 0.6 is 15.9 Å². The summed E-state index contributed by atoms with van der Waals surface area (Å²) in [7, 11) is 0. The molecule has 0 bridgehead atoms. The van der Waals surface area contributed by atoms with Crippen molar-refractivity contribution in [1.29, 1.82) is 0 Å². The molecule has 94 valence electrons. The van der Waals surface area contributed by atoms with Crippen LogP contribution in [0.15, 0.2) is 35.1 Å². The van der Waals surface area contributed by atoms with E-state index in [1.54, 1.807) is 0 Å². The van der Waals surface area contributed by atoms with E-state index < -0.39 is 0 Å². The molecule has 1 aromatic carbocycles. The van der Waals surface area contributed by atoms with Crippen molar-refractivity contribution in [2.75, 3.05) is 11.1 Å². The van der Waals surface area contributed by atoms with Crippen LogP contribution in [0, 0.1) is 13.8 Å². The number of aryl methyl sites for hydroxylation is 2. The Morgan fingerprint density at radius 2 is 2.06 bits per heavy atom. The number of anilines is 2. The van der Waals surface area contributed by atoms with Gasteiger partial charge in [0.25, 0.3) is 0 Å². The van der Waals surface area contributed by atoms with E-state index >= 15 is 0 Å². The maximum atomic E-state index is 5.85. The van der Waals surface area contributed by atoms with Gasteiger partial charge in [-0.1, -0.05) is 0 Å². The summed E-state index contributed by atoms with van der Waals surface area (Å²) in [6.07, 6.45) is 3.70. The second-order valence-corrected chi connectivity index (χ2v) is 5.20. The lowest BCUT2D eigenvalue weighted by atomic mass is 10.1. The molecule has 1 aromatic heterocycles. The van der Waals surface area contributed by atoms with Gasteiger partial charge in [0.05, 0.1) is 0 Å². The lowest BCUT2D eigenvalue weighted by Crippen LogP contribution is -2.03. The zero-order valence-electron chi connectivity index (χ0n) is 10.5. The van der Waals surface area contributed by atoms with Crippen molar-refractivity contribution in [1.82, 2.24) is 4.98 Å². The first kappa shape index (κ1) is 12.9. The highest BCUT2D eigenvalue weighted by molar-refractivity contribution is 9.10. The predicted molar refractivity (Wildman–Crippen MR) is 79.6 cm³/mol. The Kier molecular flexibility index (Phi) is 3.87. The van der Waals surface area contributed by atoms with Crippen molar-refractivity contribution in [2.45, 2.75) is 20.4 Å². The molecule has 3 N–H and O–H groups in total. The van der Waals surface area contributed by atoms with Gasteiger partial charge in [-0.25, -0.2) is 0 Å². The molecule has 0 aliphatic rings. The number of rotatable bonds is 3. The standard InChI is InChI=1S/C14H16BrN3/c1-9-3-4-17-7-11(9)8-18-14-5-10(2)13(16)6-12(14)15/h3-7,18H,8,16H2,1-2H3. The number of hydrogen-bond donors (Lipinski definition) is 2. The van der Waals surface area contributed by atoms with Crippen LogP contribution in [0.25, 0.3) is 0 Å². The third-order valence-corrected chi connectivity index (χ3v) is 3.63. The Hall–Kier alpha value is -1.55. The average Bonchev–Trinajstić information content (AvgIpc) is 2.34. The van der Waals surface area contributed by atoms with E-state index in [0.29, 0.717) is 0 Å². The summed E-state index contributed by atoms with van der Waals surface area (Å²) in [5, 5.41) is 3.40. The number of halogens is 1. The smallest absolute Gasteiger partial charge is 0.0491 e. The summed E-state index contributed by atoms with van der Waals surface area (Å²) >= 11 is 3.52. The van der Waals surface area contributed by atoms with Crippen molar-refractivity contribution in [3.05, 3.63) is 51.8 Å². The largest absolute Gasteiger partial charge is 0.398 e. The first-order chi connectivity index (χ1) is 8.58. The van der Waals surface area contributed by atoms with Gasteiger partial charge in [-0.15, -0.1) is 0 Å². The second-order valence-electron chi connectivity index (χ2n) is 4.34. The molecule has 0 unspecified atom stereocenters. The average molecular weight is 306 g/mol. The lowest BCUT2D eigenvalue weighted by molar-refractivity contribution is 1.08. The molecular weight excluding hydrogens is 290 g/mol. The Morgan fingerprint density at radius 3 is 2.78 bits per heavy atom. The topological polar surface area (TPSA) is 50.9 Å². The molecule has 0 aliphatic heterocycles.